The highest BCUT2D eigenvalue weighted by Crippen LogP contribution is 2.11. The maximum atomic E-state index is 11.9. The standard InChI is InChI=1S/C12H17BrN2O2/c1-8(2)11(3-4-16)15-12(17)9-5-10(13)7-14-6-9/h5-8,11,16H,3-4H2,1-2H3,(H,15,17). The maximum absolute atomic E-state index is 11.9. The normalized spacial score (nSPS) is 12.5. The number of aliphatic hydroxyl groups is 1. The molecule has 0 fully saturated rings. The molecule has 4 nitrogen and oxygen atoms in total. The number of nitrogens with zero attached hydrogens (tertiary/aromatic N) is 1. The first-order chi connectivity index (χ1) is 8.04. The molecule has 1 heterocycles. The van der Waals surface area contributed by atoms with E-state index in [0.29, 0.717) is 12.0 Å². The fourth-order valence-corrected chi connectivity index (χ4v) is 1.86. The van der Waals surface area contributed by atoms with Crippen molar-refractivity contribution in [3.63, 3.8) is 0 Å². The number of rotatable bonds is 5. The second kappa shape index (κ2) is 6.71. The summed E-state index contributed by atoms with van der Waals surface area (Å²) in [4.78, 5) is 15.9. The summed E-state index contributed by atoms with van der Waals surface area (Å²) in [5, 5.41) is 11.8. The summed E-state index contributed by atoms with van der Waals surface area (Å²) in [6.07, 6.45) is 3.71. The van der Waals surface area contributed by atoms with E-state index in [1.54, 1.807) is 12.3 Å². The lowest BCUT2D eigenvalue weighted by atomic mass is 10.0. The molecule has 94 valence electrons. The van der Waals surface area contributed by atoms with E-state index >= 15 is 0 Å². The fraction of sp³-hybridized carbons (Fsp3) is 0.500. The zero-order chi connectivity index (χ0) is 12.8. The lowest BCUT2D eigenvalue weighted by molar-refractivity contribution is 0.0916. The van der Waals surface area contributed by atoms with Gasteiger partial charge in [-0.2, -0.15) is 0 Å². The van der Waals surface area contributed by atoms with Gasteiger partial charge in [0, 0.05) is 29.5 Å². The van der Waals surface area contributed by atoms with Crippen LogP contribution in [0.3, 0.4) is 0 Å². The van der Waals surface area contributed by atoms with E-state index in [4.69, 9.17) is 5.11 Å². The van der Waals surface area contributed by atoms with Gasteiger partial charge in [0.05, 0.1) is 5.56 Å². The summed E-state index contributed by atoms with van der Waals surface area (Å²) in [6.45, 7) is 4.10. The van der Waals surface area contributed by atoms with Crippen LogP contribution in [0.25, 0.3) is 0 Å². The van der Waals surface area contributed by atoms with Crippen molar-refractivity contribution in [2.24, 2.45) is 5.92 Å². The molecule has 0 aliphatic rings. The number of hydrogen-bond acceptors (Lipinski definition) is 3. The van der Waals surface area contributed by atoms with Crippen LogP contribution < -0.4 is 5.32 Å². The van der Waals surface area contributed by atoms with E-state index in [2.05, 4.69) is 26.2 Å². The van der Waals surface area contributed by atoms with Crippen LogP contribution in [0.2, 0.25) is 0 Å². The molecule has 2 N–H and O–H groups in total. The average Bonchev–Trinajstić information content (AvgIpc) is 2.28. The van der Waals surface area contributed by atoms with Crippen LogP contribution in [0.4, 0.5) is 0 Å². The number of nitrogens with one attached hydrogen (secondary N) is 1. The van der Waals surface area contributed by atoms with Crippen molar-refractivity contribution < 1.29 is 9.90 Å². The molecule has 0 spiro atoms. The zero-order valence-electron chi connectivity index (χ0n) is 9.98. The Bertz CT molecular complexity index is 383. The molecule has 0 saturated heterocycles. The van der Waals surface area contributed by atoms with Gasteiger partial charge in [-0.3, -0.25) is 9.78 Å². The number of carbonyl (C=O) groups excluding carboxylic acids is 1. The monoisotopic (exact) mass is 300 g/mol. The Kier molecular flexibility index (Phi) is 5.58. The van der Waals surface area contributed by atoms with Crippen molar-refractivity contribution >= 4 is 21.8 Å². The van der Waals surface area contributed by atoms with Gasteiger partial charge in [-0.25, -0.2) is 0 Å². The van der Waals surface area contributed by atoms with Crippen molar-refractivity contribution in [2.45, 2.75) is 26.3 Å². The first-order valence-electron chi connectivity index (χ1n) is 5.57. The second-order valence-corrected chi connectivity index (χ2v) is 5.14. The van der Waals surface area contributed by atoms with Crippen LogP contribution in [-0.4, -0.2) is 28.6 Å². The van der Waals surface area contributed by atoms with Crippen LogP contribution in [0, 0.1) is 5.92 Å². The third-order valence-electron chi connectivity index (χ3n) is 2.53. The Labute approximate surface area is 110 Å². The third-order valence-corrected chi connectivity index (χ3v) is 2.96. The lowest BCUT2D eigenvalue weighted by Gasteiger charge is -2.21. The van der Waals surface area contributed by atoms with Crippen LogP contribution in [-0.2, 0) is 0 Å². The van der Waals surface area contributed by atoms with Gasteiger partial charge in [0.15, 0.2) is 0 Å². The van der Waals surface area contributed by atoms with Crippen LogP contribution in [0.5, 0.6) is 0 Å². The Hall–Kier alpha value is -0.940. The topological polar surface area (TPSA) is 62.2 Å². The van der Waals surface area contributed by atoms with Gasteiger partial charge in [0.2, 0.25) is 0 Å². The number of aromatic nitrogens is 1. The van der Waals surface area contributed by atoms with Crippen molar-refractivity contribution in [1.29, 1.82) is 0 Å². The summed E-state index contributed by atoms with van der Waals surface area (Å²) in [5.74, 6) is 0.122. The molecule has 5 heteroatoms. The van der Waals surface area contributed by atoms with E-state index in [9.17, 15) is 4.79 Å². The summed E-state index contributed by atoms with van der Waals surface area (Å²) in [6, 6.07) is 1.70. The fourth-order valence-electron chi connectivity index (χ4n) is 1.50. The molecule has 1 rings (SSSR count). The highest BCUT2D eigenvalue weighted by Gasteiger charge is 2.16. The third kappa shape index (κ3) is 4.44. The predicted octanol–water partition coefficient (Wildman–Crippen LogP) is 1.98. The molecular weight excluding hydrogens is 284 g/mol. The molecule has 0 radical (unpaired) electrons. The number of hydrogen-bond donors (Lipinski definition) is 2. The number of aliphatic hydroxyl groups excluding tert-OH is 1. The summed E-state index contributed by atoms with van der Waals surface area (Å²) in [5.41, 5.74) is 0.517. The van der Waals surface area contributed by atoms with E-state index < -0.39 is 0 Å². The SMILES string of the molecule is CC(C)C(CCO)NC(=O)c1cncc(Br)c1. The molecule has 17 heavy (non-hydrogen) atoms. The molecular formula is C12H17BrN2O2. The van der Waals surface area contributed by atoms with E-state index in [1.165, 1.54) is 6.20 Å². The number of carbonyl (C=O) groups is 1. The lowest BCUT2D eigenvalue weighted by Crippen LogP contribution is -2.39. The van der Waals surface area contributed by atoms with Crippen molar-refractivity contribution in [3.8, 4) is 0 Å². The van der Waals surface area contributed by atoms with Crippen LogP contribution >= 0.6 is 15.9 Å². The smallest absolute Gasteiger partial charge is 0.253 e. The predicted molar refractivity (Wildman–Crippen MR) is 69.7 cm³/mol. The van der Waals surface area contributed by atoms with Gasteiger partial charge in [-0.05, 0) is 34.3 Å². The summed E-state index contributed by atoms with van der Waals surface area (Å²) >= 11 is 3.27. The molecule has 0 saturated carbocycles. The number of amides is 1. The van der Waals surface area contributed by atoms with Crippen LogP contribution in [0.1, 0.15) is 30.6 Å². The minimum absolute atomic E-state index is 0.0218. The van der Waals surface area contributed by atoms with Gasteiger partial charge < -0.3 is 10.4 Å². The summed E-state index contributed by atoms with van der Waals surface area (Å²) in [7, 11) is 0. The molecule has 1 aromatic heterocycles. The minimum Gasteiger partial charge on any atom is -0.396 e. The summed E-state index contributed by atoms with van der Waals surface area (Å²) < 4.78 is 0.772. The molecule has 0 aliphatic carbocycles. The van der Waals surface area contributed by atoms with Gasteiger partial charge in [0.25, 0.3) is 5.91 Å². The Morgan fingerprint density at radius 2 is 2.24 bits per heavy atom. The van der Waals surface area contributed by atoms with Crippen molar-refractivity contribution in [1.82, 2.24) is 10.3 Å². The van der Waals surface area contributed by atoms with E-state index in [1.807, 2.05) is 13.8 Å². The first-order valence-corrected chi connectivity index (χ1v) is 6.36. The number of pyridine rings is 1. The molecule has 1 unspecified atom stereocenters. The first kappa shape index (κ1) is 14.1. The van der Waals surface area contributed by atoms with E-state index in [-0.39, 0.29) is 24.5 Å². The molecule has 1 atom stereocenters. The van der Waals surface area contributed by atoms with Gasteiger partial charge in [0.1, 0.15) is 0 Å². The number of halogens is 1. The Morgan fingerprint density at radius 3 is 2.76 bits per heavy atom. The van der Waals surface area contributed by atoms with Gasteiger partial charge in [-0.15, -0.1) is 0 Å². The Morgan fingerprint density at radius 1 is 1.53 bits per heavy atom. The minimum atomic E-state index is -0.161. The van der Waals surface area contributed by atoms with Crippen LogP contribution in [0.15, 0.2) is 22.9 Å². The highest BCUT2D eigenvalue weighted by molar-refractivity contribution is 9.10. The Balaban J connectivity index is 2.70. The molecule has 1 amide bonds. The second-order valence-electron chi connectivity index (χ2n) is 4.23. The van der Waals surface area contributed by atoms with Crippen molar-refractivity contribution in [3.05, 3.63) is 28.5 Å². The molecule has 0 bridgehead atoms. The van der Waals surface area contributed by atoms with Gasteiger partial charge in [-0.1, -0.05) is 13.8 Å². The zero-order valence-corrected chi connectivity index (χ0v) is 11.6. The van der Waals surface area contributed by atoms with Gasteiger partial charge >= 0.3 is 0 Å². The molecule has 0 aliphatic heterocycles. The van der Waals surface area contributed by atoms with Crippen molar-refractivity contribution in [2.75, 3.05) is 6.61 Å². The average molecular weight is 301 g/mol. The maximum Gasteiger partial charge on any atom is 0.253 e. The largest absolute Gasteiger partial charge is 0.396 e. The quantitative estimate of drug-likeness (QED) is 0.874. The molecule has 0 aromatic carbocycles. The molecule has 1 aromatic rings. The highest BCUT2D eigenvalue weighted by atomic mass is 79.9. The van der Waals surface area contributed by atoms with E-state index in [0.717, 1.165) is 4.47 Å².